The van der Waals surface area contributed by atoms with E-state index in [-0.39, 0.29) is 11.3 Å². The van der Waals surface area contributed by atoms with Gasteiger partial charge < -0.3 is 15.4 Å². The summed E-state index contributed by atoms with van der Waals surface area (Å²) in [5.41, 5.74) is 7.88. The van der Waals surface area contributed by atoms with E-state index in [0.29, 0.717) is 40.9 Å². The van der Waals surface area contributed by atoms with Gasteiger partial charge in [0.1, 0.15) is 5.75 Å². The highest BCUT2D eigenvalue weighted by atomic mass is 16.3. The monoisotopic (exact) mass is 378 g/mol. The number of fused-ring (bicyclic) bond motifs is 2. The number of benzene rings is 1. The molecule has 0 saturated heterocycles. The number of pyridine rings is 1. The second kappa shape index (κ2) is 7.05. The quantitative estimate of drug-likeness (QED) is 0.514. The van der Waals surface area contributed by atoms with E-state index in [9.17, 15) is 9.90 Å². The van der Waals surface area contributed by atoms with Crippen LogP contribution in [0.4, 0.5) is 0 Å². The molecular formula is C20H22N6O2. The summed E-state index contributed by atoms with van der Waals surface area (Å²) in [6.07, 6.45) is 6.87. The molecule has 3 heterocycles. The van der Waals surface area contributed by atoms with Crippen molar-refractivity contribution >= 4 is 21.8 Å². The van der Waals surface area contributed by atoms with Gasteiger partial charge in [0.05, 0.1) is 22.0 Å². The van der Waals surface area contributed by atoms with Gasteiger partial charge in [-0.15, -0.1) is 0 Å². The zero-order valence-corrected chi connectivity index (χ0v) is 15.9. The molecule has 1 aromatic carbocycles. The fourth-order valence-electron chi connectivity index (χ4n) is 3.41. The molecule has 28 heavy (non-hydrogen) atoms. The first-order chi connectivity index (χ1) is 13.5. The molecule has 0 aliphatic rings. The Bertz CT molecular complexity index is 1240. The van der Waals surface area contributed by atoms with Gasteiger partial charge in [-0.1, -0.05) is 0 Å². The minimum Gasteiger partial charge on any atom is -0.507 e. The van der Waals surface area contributed by atoms with Gasteiger partial charge in [0.2, 0.25) is 0 Å². The summed E-state index contributed by atoms with van der Waals surface area (Å²) in [5, 5.41) is 16.4. The summed E-state index contributed by atoms with van der Waals surface area (Å²) >= 11 is 0. The first-order valence-electron chi connectivity index (χ1n) is 9.22. The van der Waals surface area contributed by atoms with Crippen LogP contribution in [0.1, 0.15) is 18.4 Å². The van der Waals surface area contributed by atoms with Crippen LogP contribution < -0.4 is 11.3 Å². The molecule has 0 spiro atoms. The topological polar surface area (TPSA) is 112 Å². The normalized spacial score (nSPS) is 11.5. The number of nitrogens with zero attached hydrogens (tertiary/aromatic N) is 5. The number of aromatic hydroxyl groups is 1. The van der Waals surface area contributed by atoms with Crippen LogP contribution >= 0.6 is 0 Å². The summed E-state index contributed by atoms with van der Waals surface area (Å²) in [6, 6.07) is 3.62. The molecule has 8 heteroatoms. The molecule has 3 aromatic heterocycles. The number of rotatable bonds is 5. The molecular weight excluding hydrogens is 356 g/mol. The number of hydrogen-bond donors (Lipinski definition) is 2. The predicted octanol–water partition coefficient (Wildman–Crippen LogP) is 2.10. The van der Waals surface area contributed by atoms with Crippen molar-refractivity contribution in [1.29, 1.82) is 0 Å². The zero-order chi connectivity index (χ0) is 19.8. The molecule has 0 aliphatic carbocycles. The number of phenols is 1. The minimum atomic E-state index is -0.121. The number of hydrogen-bond acceptors (Lipinski definition) is 6. The third-order valence-corrected chi connectivity index (χ3v) is 4.94. The molecule has 0 fully saturated rings. The fourth-order valence-corrected chi connectivity index (χ4v) is 3.41. The van der Waals surface area contributed by atoms with Crippen molar-refractivity contribution in [2.24, 2.45) is 12.8 Å². The van der Waals surface area contributed by atoms with Crippen LogP contribution in [0.3, 0.4) is 0 Å². The molecule has 0 saturated carbocycles. The fraction of sp³-hybridized carbons (Fsp3) is 0.300. The van der Waals surface area contributed by atoms with E-state index in [1.807, 2.05) is 26.2 Å². The SMILES string of the molecule is Cc1c(O)c(-c2ncc3c(=O)n(CCCCN)ccc3n2)cc2cn(C)nc12. The highest BCUT2D eigenvalue weighted by molar-refractivity contribution is 5.90. The van der Waals surface area contributed by atoms with Crippen LogP contribution in [-0.4, -0.2) is 36.0 Å². The van der Waals surface area contributed by atoms with Crippen molar-refractivity contribution in [3.05, 3.63) is 46.6 Å². The highest BCUT2D eigenvalue weighted by Gasteiger charge is 2.16. The second-order valence-electron chi connectivity index (χ2n) is 6.94. The lowest BCUT2D eigenvalue weighted by atomic mass is 10.1. The molecule has 0 unspecified atom stereocenters. The van der Waals surface area contributed by atoms with Gasteiger partial charge in [-0.25, -0.2) is 9.97 Å². The number of unbranched alkanes of at least 4 members (excludes halogenated alkanes) is 1. The van der Waals surface area contributed by atoms with Gasteiger partial charge in [0.15, 0.2) is 5.82 Å². The number of nitrogens with two attached hydrogens (primary N) is 1. The van der Waals surface area contributed by atoms with Crippen molar-refractivity contribution in [3.8, 4) is 17.1 Å². The van der Waals surface area contributed by atoms with Gasteiger partial charge >= 0.3 is 0 Å². The smallest absolute Gasteiger partial charge is 0.261 e. The number of aryl methyl sites for hydroxylation is 3. The largest absolute Gasteiger partial charge is 0.507 e. The maximum absolute atomic E-state index is 12.7. The third kappa shape index (κ3) is 3.01. The summed E-state index contributed by atoms with van der Waals surface area (Å²) in [7, 11) is 1.83. The van der Waals surface area contributed by atoms with Crippen molar-refractivity contribution in [2.75, 3.05) is 6.54 Å². The van der Waals surface area contributed by atoms with E-state index >= 15 is 0 Å². The van der Waals surface area contributed by atoms with Gasteiger partial charge in [-0.05, 0) is 38.4 Å². The third-order valence-electron chi connectivity index (χ3n) is 4.94. The summed E-state index contributed by atoms with van der Waals surface area (Å²) in [4.78, 5) is 21.5. The lowest BCUT2D eigenvalue weighted by Gasteiger charge is -2.09. The average Bonchev–Trinajstić information content (AvgIpc) is 3.07. The minimum absolute atomic E-state index is 0.0978. The average molecular weight is 378 g/mol. The van der Waals surface area contributed by atoms with E-state index in [0.717, 1.165) is 23.7 Å². The van der Waals surface area contributed by atoms with Crippen LogP contribution in [0.2, 0.25) is 0 Å². The lowest BCUT2D eigenvalue weighted by Crippen LogP contribution is -2.20. The Morgan fingerprint density at radius 2 is 2.11 bits per heavy atom. The van der Waals surface area contributed by atoms with Gasteiger partial charge in [-0.3, -0.25) is 9.48 Å². The van der Waals surface area contributed by atoms with E-state index in [4.69, 9.17) is 5.73 Å². The number of aromatic nitrogens is 5. The van der Waals surface area contributed by atoms with Crippen LogP contribution in [0.25, 0.3) is 33.2 Å². The lowest BCUT2D eigenvalue weighted by molar-refractivity contribution is 0.473. The zero-order valence-electron chi connectivity index (χ0n) is 15.9. The van der Waals surface area contributed by atoms with Crippen molar-refractivity contribution in [2.45, 2.75) is 26.3 Å². The van der Waals surface area contributed by atoms with Gasteiger partial charge in [0.25, 0.3) is 5.56 Å². The molecule has 0 aliphatic heterocycles. The van der Waals surface area contributed by atoms with E-state index in [1.165, 1.54) is 6.20 Å². The molecule has 0 atom stereocenters. The van der Waals surface area contributed by atoms with Crippen LogP contribution in [0, 0.1) is 6.92 Å². The van der Waals surface area contributed by atoms with E-state index in [1.54, 1.807) is 21.5 Å². The molecule has 144 valence electrons. The van der Waals surface area contributed by atoms with Crippen molar-refractivity contribution in [1.82, 2.24) is 24.3 Å². The van der Waals surface area contributed by atoms with Crippen molar-refractivity contribution in [3.63, 3.8) is 0 Å². The predicted molar refractivity (Wildman–Crippen MR) is 108 cm³/mol. The Hall–Kier alpha value is -3.26. The Balaban J connectivity index is 1.80. The molecule has 0 amide bonds. The van der Waals surface area contributed by atoms with Crippen molar-refractivity contribution < 1.29 is 5.11 Å². The van der Waals surface area contributed by atoms with Crippen LogP contribution in [0.5, 0.6) is 5.75 Å². The molecule has 4 rings (SSSR count). The maximum Gasteiger partial charge on any atom is 0.261 e. The Morgan fingerprint density at radius 1 is 1.29 bits per heavy atom. The summed E-state index contributed by atoms with van der Waals surface area (Å²) in [6.45, 7) is 3.04. The Morgan fingerprint density at radius 3 is 2.89 bits per heavy atom. The first kappa shape index (κ1) is 18.1. The van der Waals surface area contributed by atoms with Crippen LogP contribution in [0.15, 0.2) is 35.5 Å². The first-order valence-corrected chi connectivity index (χ1v) is 9.22. The molecule has 4 aromatic rings. The van der Waals surface area contributed by atoms with E-state index in [2.05, 4.69) is 15.1 Å². The standard InChI is InChI=1S/C20H22N6O2/c1-12-17-13(11-25(2)24-17)9-14(18(12)27)19-22-10-15-16(23-19)5-8-26(20(15)28)7-4-3-6-21/h5,8-11,27H,3-4,6-7,21H2,1-2H3. The van der Waals surface area contributed by atoms with Crippen LogP contribution in [-0.2, 0) is 13.6 Å². The Labute approximate surface area is 161 Å². The molecule has 8 nitrogen and oxygen atoms in total. The maximum atomic E-state index is 12.7. The molecule has 0 bridgehead atoms. The highest BCUT2D eigenvalue weighted by Crippen LogP contribution is 2.35. The molecule has 0 radical (unpaired) electrons. The van der Waals surface area contributed by atoms with Gasteiger partial charge in [-0.2, -0.15) is 5.10 Å². The Kier molecular flexibility index (Phi) is 4.56. The second-order valence-corrected chi connectivity index (χ2v) is 6.94. The van der Waals surface area contributed by atoms with E-state index < -0.39 is 0 Å². The summed E-state index contributed by atoms with van der Waals surface area (Å²) in [5.74, 6) is 0.472. The summed E-state index contributed by atoms with van der Waals surface area (Å²) < 4.78 is 3.36. The van der Waals surface area contributed by atoms with Gasteiger partial charge in [0, 0.05) is 43.1 Å². The number of phenolic OH excluding ortho intramolecular Hbond substituents is 1. The molecule has 3 N–H and O–H groups in total.